The second-order valence-corrected chi connectivity index (χ2v) is 10.4. The Morgan fingerprint density at radius 3 is 2.16 bits per heavy atom. The predicted octanol–water partition coefficient (Wildman–Crippen LogP) is -0.0283. The second kappa shape index (κ2) is 11.2. The molecule has 0 unspecified atom stereocenters. The molecule has 178 valence electrons. The van der Waals surface area contributed by atoms with Gasteiger partial charge in [-0.15, -0.1) is 0 Å². The van der Waals surface area contributed by atoms with Crippen LogP contribution in [0.2, 0.25) is 0 Å². The third kappa shape index (κ3) is 6.50. The Kier molecular flexibility index (Phi) is 8.64. The summed E-state index contributed by atoms with van der Waals surface area (Å²) in [6, 6.07) is 6.91. The Labute approximate surface area is 191 Å². The molecule has 2 fully saturated rings. The number of nitrogens with zero attached hydrogens (tertiary/aromatic N) is 4. The zero-order chi connectivity index (χ0) is 23.1. The number of aryl methyl sites for hydroxylation is 1. The SMILES string of the molecule is CCNC(=O)CN1CCCN(C(=O)CN2CCN(S(=O)(=O)c3ccc(C)cc3)CC2)CC1. The van der Waals surface area contributed by atoms with Crippen LogP contribution in [-0.4, -0.2) is 111 Å². The van der Waals surface area contributed by atoms with E-state index in [0.717, 1.165) is 18.5 Å². The number of sulfonamides is 1. The van der Waals surface area contributed by atoms with E-state index in [4.69, 9.17) is 0 Å². The van der Waals surface area contributed by atoms with E-state index < -0.39 is 10.0 Å². The van der Waals surface area contributed by atoms with E-state index in [1.807, 2.05) is 23.6 Å². The highest BCUT2D eigenvalue weighted by molar-refractivity contribution is 7.89. The summed E-state index contributed by atoms with van der Waals surface area (Å²) in [6.07, 6.45) is 0.841. The minimum atomic E-state index is -3.50. The van der Waals surface area contributed by atoms with Crippen LogP contribution in [0.15, 0.2) is 29.2 Å². The Morgan fingerprint density at radius 1 is 0.875 bits per heavy atom. The topological polar surface area (TPSA) is 93.3 Å². The summed E-state index contributed by atoms with van der Waals surface area (Å²) in [4.78, 5) is 31.0. The first-order valence-corrected chi connectivity index (χ1v) is 12.8. The van der Waals surface area contributed by atoms with Crippen molar-refractivity contribution in [1.82, 2.24) is 24.3 Å². The minimum absolute atomic E-state index is 0.0192. The Bertz CT molecular complexity index is 882. The number of benzene rings is 1. The molecule has 0 aromatic heterocycles. The van der Waals surface area contributed by atoms with E-state index in [2.05, 4.69) is 10.2 Å². The van der Waals surface area contributed by atoms with Crippen molar-refractivity contribution in [2.45, 2.75) is 25.2 Å². The molecule has 0 bridgehead atoms. The molecule has 9 nitrogen and oxygen atoms in total. The van der Waals surface area contributed by atoms with Crippen LogP contribution in [0.25, 0.3) is 0 Å². The molecule has 1 N–H and O–H groups in total. The Hall–Kier alpha value is -2.01. The smallest absolute Gasteiger partial charge is 0.243 e. The lowest BCUT2D eigenvalue weighted by Gasteiger charge is -2.34. The summed E-state index contributed by atoms with van der Waals surface area (Å²) in [5, 5.41) is 2.81. The monoisotopic (exact) mass is 465 g/mol. The summed E-state index contributed by atoms with van der Waals surface area (Å²) >= 11 is 0. The van der Waals surface area contributed by atoms with Crippen molar-refractivity contribution in [3.05, 3.63) is 29.8 Å². The van der Waals surface area contributed by atoms with Gasteiger partial charge in [-0.05, 0) is 32.4 Å². The minimum Gasteiger partial charge on any atom is -0.355 e. The lowest BCUT2D eigenvalue weighted by atomic mass is 10.2. The number of piperazine rings is 1. The third-order valence-electron chi connectivity index (χ3n) is 6.03. The lowest BCUT2D eigenvalue weighted by molar-refractivity contribution is -0.132. The van der Waals surface area contributed by atoms with Gasteiger partial charge in [-0.1, -0.05) is 17.7 Å². The van der Waals surface area contributed by atoms with Crippen molar-refractivity contribution in [1.29, 1.82) is 0 Å². The van der Waals surface area contributed by atoms with Crippen molar-refractivity contribution < 1.29 is 18.0 Å². The average Bonchev–Trinajstić information content (AvgIpc) is 3.00. The summed E-state index contributed by atoms with van der Waals surface area (Å²) in [7, 11) is -3.50. The number of carbonyl (C=O) groups excluding carboxylic acids is 2. The molecule has 0 spiro atoms. The molecule has 2 heterocycles. The lowest BCUT2D eigenvalue weighted by Crippen LogP contribution is -2.51. The van der Waals surface area contributed by atoms with Crippen LogP contribution in [0.4, 0.5) is 0 Å². The fraction of sp³-hybridized carbons (Fsp3) is 0.636. The van der Waals surface area contributed by atoms with Crippen LogP contribution in [0.5, 0.6) is 0 Å². The van der Waals surface area contributed by atoms with Crippen LogP contribution >= 0.6 is 0 Å². The zero-order valence-corrected chi connectivity index (χ0v) is 19.9. The number of hydrogen-bond donors (Lipinski definition) is 1. The predicted molar refractivity (Wildman–Crippen MR) is 123 cm³/mol. The van der Waals surface area contributed by atoms with E-state index in [-0.39, 0.29) is 11.8 Å². The quantitative estimate of drug-likeness (QED) is 0.608. The molecule has 2 amide bonds. The largest absolute Gasteiger partial charge is 0.355 e. The first-order valence-electron chi connectivity index (χ1n) is 11.4. The van der Waals surface area contributed by atoms with Gasteiger partial charge in [0.1, 0.15) is 0 Å². The maximum absolute atomic E-state index is 12.9. The Balaban J connectivity index is 1.46. The molecule has 0 atom stereocenters. The molecular weight excluding hydrogens is 430 g/mol. The molecule has 2 aliphatic rings. The van der Waals surface area contributed by atoms with Crippen molar-refractivity contribution >= 4 is 21.8 Å². The van der Waals surface area contributed by atoms with Crippen molar-refractivity contribution in [3.63, 3.8) is 0 Å². The highest BCUT2D eigenvalue weighted by Gasteiger charge is 2.30. The van der Waals surface area contributed by atoms with Crippen LogP contribution in [-0.2, 0) is 19.6 Å². The van der Waals surface area contributed by atoms with E-state index in [1.54, 1.807) is 24.3 Å². The summed E-state index contributed by atoms with van der Waals surface area (Å²) in [5.74, 6) is 0.0884. The van der Waals surface area contributed by atoms with Gasteiger partial charge in [0.25, 0.3) is 0 Å². The summed E-state index contributed by atoms with van der Waals surface area (Å²) in [5.41, 5.74) is 1.02. The summed E-state index contributed by atoms with van der Waals surface area (Å²) < 4.78 is 27.2. The Morgan fingerprint density at radius 2 is 1.50 bits per heavy atom. The van der Waals surface area contributed by atoms with Gasteiger partial charge in [0.15, 0.2) is 0 Å². The number of nitrogens with one attached hydrogen (secondary N) is 1. The van der Waals surface area contributed by atoms with E-state index in [9.17, 15) is 18.0 Å². The van der Waals surface area contributed by atoms with Crippen LogP contribution < -0.4 is 5.32 Å². The molecule has 1 aromatic rings. The number of hydrogen-bond acceptors (Lipinski definition) is 6. The van der Waals surface area contributed by atoms with Crippen molar-refractivity contribution in [2.24, 2.45) is 0 Å². The second-order valence-electron chi connectivity index (χ2n) is 8.46. The molecule has 3 rings (SSSR count). The standard InChI is InChI=1S/C22H35N5O4S/c1-3-23-21(28)17-24-9-4-10-26(14-11-24)22(29)18-25-12-15-27(16-13-25)32(30,31)20-7-5-19(2)6-8-20/h5-8H,3-4,9-18H2,1-2H3,(H,23,28). The number of amides is 2. The van der Waals surface area contributed by atoms with Crippen LogP contribution in [0.3, 0.4) is 0 Å². The normalized spacial score (nSPS) is 19.5. The van der Waals surface area contributed by atoms with Gasteiger partial charge in [-0.3, -0.25) is 19.4 Å². The van der Waals surface area contributed by atoms with Crippen LogP contribution in [0.1, 0.15) is 18.9 Å². The molecule has 1 aromatic carbocycles. The van der Waals surface area contributed by atoms with Gasteiger partial charge in [-0.2, -0.15) is 4.31 Å². The first kappa shape index (κ1) is 24.6. The van der Waals surface area contributed by atoms with Gasteiger partial charge in [0, 0.05) is 58.9 Å². The summed E-state index contributed by atoms with van der Waals surface area (Å²) in [6.45, 7) is 9.73. The molecule has 0 radical (unpaired) electrons. The molecule has 0 saturated carbocycles. The fourth-order valence-electron chi connectivity index (χ4n) is 4.11. The third-order valence-corrected chi connectivity index (χ3v) is 7.94. The number of rotatable bonds is 7. The van der Waals surface area contributed by atoms with Gasteiger partial charge in [0.2, 0.25) is 21.8 Å². The molecule has 32 heavy (non-hydrogen) atoms. The number of carbonyl (C=O) groups is 2. The molecular formula is C22H35N5O4S. The van der Waals surface area contributed by atoms with Crippen LogP contribution in [0, 0.1) is 6.92 Å². The van der Waals surface area contributed by atoms with E-state index >= 15 is 0 Å². The van der Waals surface area contributed by atoms with Crippen molar-refractivity contribution in [3.8, 4) is 0 Å². The fourth-order valence-corrected chi connectivity index (χ4v) is 5.54. The van der Waals surface area contributed by atoms with Gasteiger partial charge < -0.3 is 10.2 Å². The van der Waals surface area contributed by atoms with E-state index in [1.165, 1.54) is 4.31 Å². The molecule has 0 aliphatic carbocycles. The van der Waals surface area contributed by atoms with E-state index in [0.29, 0.717) is 70.3 Å². The van der Waals surface area contributed by atoms with Gasteiger partial charge in [0.05, 0.1) is 18.0 Å². The molecule has 2 saturated heterocycles. The maximum Gasteiger partial charge on any atom is 0.243 e. The van der Waals surface area contributed by atoms with Gasteiger partial charge in [-0.25, -0.2) is 8.42 Å². The molecule has 10 heteroatoms. The highest BCUT2D eigenvalue weighted by atomic mass is 32.2. The zero-order valence-electron chi connectivity index (χ0n) is 19.1. The molecule has 2 aliphatic heterocycles. The highest BCUT2D eigenvalue weighted by Crippen LogP contribution is 2.18. The number of likely N-dealkylation sites (N-methyl/N-ethyl adjacent to an activating group) is 1. The average molecular weight is 466 g/mol. The maximum atomic E-state index is 12.9. The van der Waals surface area contributed by atoms with Crippen molar-refractivity contribution in [2.75, 3.05) is 72.0 Å². The van der Waals surface area contributed by atoms with Gasteiger partial charge >= 0.3 is 0 Å². The first-order chi connectivity index (χ1) is 15.3.